The zero-order valence-electron chi connectivity index (χ0n) is 17.8. The van der Waals surface area contributed by atoms with Gasteiger partial charge in [-0.15, -0.1) is 0 Å². The van der Waals surface area contributed by atoms with Crippen LogP contribution >= 0.6 is 0 Å². The van der Waals surface area contributed by atoms with Crippen LogP contribution in [0.2, 0.25) is 0 Å². The van der Waals surface area contributed by atoms with Crippen LogP contribution in [0.15, 0.2) is 36.4 Å². The van der Waals surface area contributed by atoms with Crippen LogP contribution in [0.25, 0.3) is 0 Å². The number of ketones is 3. The standard InChI is InChI=1S/C25H21NO7/c27-16(9-15-3-8-22-23(11-15)33-13-32-22)4-1-14-2-6-18-19(10-14)25(31)26(24(18)30)20-7-5-17(28)12-21(20)29/h2-3,6,8,10-11,20H,1,4-5,7,9,12-13H2. The van der Waals surface area contributed by atoms with Crippen molar-refractivity contribution in [2.24, 2.45) is 0 Å². The molecular formula is C25H21NO7. The number of nitrogens with zero attached hydrogens (tertiary/aromatic N) is 1. The van der Waals surface area contributed by atoms with E-state index in [0.717, 1.165) is 16.0 Å². The Labute approximate surface area is 189 Å². The van der Waals surface area contributed by atoms with E-state index in [4.69, 9.17) is 9.47 Å². The molecule has 2 heterocycles. The minimum atomic E-state index is -0.887. The predicted octanol–water partition coefficient (Wildman–Crippen LogP) is 2.45. The molecule has 8 heteroatoms. The van der Waals surface area contributed by atoms with Crippen LogP contribution in [0.1, 0.15) is 57.5 Å². The summed E-state index contributed by atoms with van der Waals surface area (Å²) in [6, 6.07) is 9.46. The van der Waals surface area contributed by atoms with Gasteiger partial charge in [0.2, 0.25) is 6.79 Å². The third-order valence-electron chi connectivity index (χ3n) is 6.26. The maximum atomic E-state index is 12.9. The van der Waals surface area contributed by atoms with Gasteiger partial charge in [-0.1, -0.05) is 12.1 Å². The fraction of sp³-hybridized carbons (Fsp3) is 0.320. The third-order valence-corrected chi connectivity index (χ3v) is 6.26. The summed E-state index contributed by atoms with van der Waals surface area (Å²) in [5.41, 5.74) is 2.09. The van der Waals surface area contributed by atoms with E-state index >= 15 is 0 Å². The molecule has 0 N–H and O–H groups in total. The van der Waals surface area contributed by atoms with E-state index in [9.17, 15) is 24.0 Å². The lowest BCUT2D eigenvalue weighted by atomic mass is 9.92. The number of imide groups is 1. The van der Waals surface area contributed by atoms with Crippen molar-refractivity contribution >= 4 is 29.2 Å². The summed E-state index contributed by atoms with van der Waals surface area (Å²) in [5.74, 6) is -0.248. The highest BCUT2D eigenvalue weighted by atomic mass is 16.7. The van der Waals surface area contributed by atoms with Gasteiger partial charge in [0.1, 0.15) is 11.6 Å². The predicted molar refractivity (Wildman–Crippen MR) is 114 cm³/mol. The molecule has 0 spiro atoms. The van der Waals surface area contributed by atoms with Crippen LogP contribution in [0, 0.1) is 0 Å². The maximum absolute atomic E-state index is 12.9. The highest BCUT2D eigenvalue weighted by molar-refractivity contribution is 6.23. The van der Waals surface area contributed by atoms with E-state index in [1.54, 1.807) is 30.3 Å². The van der Waals surface area contributed by atoms with Crippen molar-refractivity contribution in [2.45, 2.75) is 44.6 Å². The summed E-state index contributed by atoms with van der Waals surface area (Å²) >= 11 is 0. The Morgan fingerprint density at radius 3 is 2.48 bits per heavy atom. The maximum Gasteiger partial charge on any atom is 0.262 e. The van der Waals surface area contributed by atoms with Gasteiger partial charge in [0.25, 0.3) is 11.8 Å². The fourth-order valence-electron chi connectivity index (χ4n) is 4.53. The van der Waals surface area contributed by atoms with E-state index in [-0.39, 0.29) is 61.6 Å². The number of hydrogen-bond donors (Lipinski definition) is 0. The van der Waals surface area contributed by atoms with Crippen molar-refractivity contribution in [3.05, 3.63) is 58.7 Å². The van der Waals surface area contributed by atoms with Gasteiger partial charge in [0, 0.05) is 19.3 Å². The zero-order chi connectivity index (χ0) is 23.1. The largest absolute Gasteiger partial charge is 0.454 e. The third kappa shape index (κ3) is 3.92. The summed E-state index contributed by atoms with van der Waals surface area (Å²) in [6.07, 6.45) is 1.08. The normalized spacial score (nSPS) is 19.3. The lowest BCUT2D eigenvalue weighted by Crippen LogP contribution is -2.47. The molecule has 1 fully saturated rings. The molecule has 0 bridgehead atoms. The number of benzene rings is 2. The van der Waals surface area contributed by atoms with Crippen LogP contribution in [0.3, 0.4) is 0 Å². The second kappa shape index (κ2) is 8.27. The van der Waals surface area contributed by atoms with Gasteiger partial charge in [0.05, 0.1) is 23.6 Å². The van der Waals surface area contributed by atoms with Crippen LogP contribution < -0.4 is 9.47 Å². The summed E-state index contributed by atoms with van der Waals surface area (Å²) in [7, 11) is 0. The molecule has 0 saturated heterocycles. The van der Waals surface area contributed by atoms with Gasteiger partial charge in [0.15, 0.2) is 17.3 Å². The van der Waals surface area contributed by atoms with Crippen molar-refractivity contribution < 1.29 is 33.4 Å². The Morgan fingerprint density at radius 1 is 0.909 bits per heavy atom. The van der Waals surface area contributed by atoms with Crippen molar-refractivity contribution in [2.75, 3.05) is 6.79 Å². The van der Waals surface area contributed by atoms with E-state index in [1.165, 1.54) is 0 Å². The highest BCUT2D eigenvalue weighted by Gasteiger charge is 2.44. The molecule has 8 nitrogen and oxygen atoms in total. The minimum absolute atomic E-state index is 0.0378. The average molecular weight is 447 g/mol. The number of carbonyl (C=O) groups is 5. The quantitative estimate of drug-likeness (QED) is 0.494. The second-order valence-electron chi connectivity index (χ2n) is 8.50. The summed E-state index contributed by atoms with van der Waals surface area (Å²) in [5, 5.41) is 0. The minimum Gasteiger partial charge on any atom is -0.454 e. The molecule has 33 heavy (non-hydrogen) atoms. The van der Waals surface area contributed by atoms with E-state index in [0.29, 0.717) is 17.9 Å². The summed E-state index contributed by atoms with van der Waals surface area (Å²) in [6.45, 7) is 0.177. The van der Waals surface area contributed by atoms with Crippen molar-refractivity contribution in [3.8, 4) is 11.5 Å². The van der Waals surface area contributed by atoms with Crippen molar-refractivity contribution in [1.82, 2.24) is 4.90 Å². The van der Waals surface area contributed by atoms with Gasteiger partial charge in [-0.25, -0.2) is 0 Å². The monoisotopic (exact) mass is 447 g/mol. The molecule has 2 aromatic carbocycles. The Balaban J connectivity index is 1.24. The summed E-state index contributed by atoms with van der Waals surface area (Å²) in [4.78, 5) is 63.0. The first-order valence-electron chi connectivity index (χ1n) is 10.9. The molecule has 5 rings (SSSR count). The van der Waals surface area contributed by atoms with Crippen LogP contribution in [0.4, 0.5) is 0 Å². The van der Waals surface area contributed by atoms with Gasteiger partial charge in [-0.2, -0.15) is 0 Å². The molecule has 1 saturated carbocycles. The number of fused-ring (bicyclic) bond motifs is 2. The van der Waals surface area contributed by atoms with Crippen molar-refractivity contribution in [1.29, 1.82) is 0 Å². The van der Waals surface area contributed by atoms with Gasteiger partial charge in [-0.05, 0) is 48.2 Å². The smallest absolute Gasteiger partial charge is 0.262 e. The Hall–Kier alpha value is -3.81. The number of aryl methyl sites for hydroxylation is 1. The molecule has 2 aliphatic heterocycles. The Kier molecular flexibility index (Phi) is 5.28. The lowest BCUT2D eigenvalue weighted by molar-refractivity contribution is -0.132. The average Bonchev–Trinajstić information content (AvgIpc) is 3.35. The number of ether oxygens (including phenoxy) is 2. The first kappa shape index (κ1) is 21.1. The molecule has 2 aromatic rings. The fourth-order valence-corrected chi connectivity index (χ4v) is 4.53. The molecular weight excluding hydrogens is 426 g/mol. The highest BCUT2D eigenvalue weighted by Crippen LogP contribution is 2.33. The molecule has 0 aromatic heterocycles. The zero-order valence-corrected chi connectivity index (χ0v) is 17.8. The number of rotatable bonds is 6. The van der Waals surface area contributed by atoms with Crippen molar-refractivity contribution in [3.63, 3.8) is 0 Å². The number of amides is 2. The Morgan fingerprint density at radius 2 is 1.67 bits per heavy atom. The molecule has 1 atom stereocenters. The van der Waals surface area contributed by atoms with E-state index in [1.807, 2.05) is 6.07 Å². The summed E-state index contributed by atoms with van der Waals surface area (Å²) < 4.78 is 10.6. The van der Waals surface area contributed by atoms with Crippen LogP contribution in [0.5, 0.6) is 11.5 Å². The molecule has 0 radical (unpaired) electrons. The molecule has 3 aliphatic rings. The number of Topliss-reactive ketones (excluding diaryl/α,β-unsaturated/α-hetero) is 3. The molecule has 1 aliphatic carbocycles. The van der Waals surface area contributed by atoms with Crippen LogP contribution in [-0.4, -0.2) is 46.9 Å². The second-order valence-corrected chi connectivity index (χ2v) is 8.50. The molecule has 1 unspecified atom stereocenters. The number of hydrogen-bond acceptors (Lipinski definition) is 7. The first-order valence-corrected chi connectivity index (χ1v) is 10.9. The topological polar surface area (TPSA) is 107 Å². The lowest BCUT2D eigenvalue weighted by Gasteiger charge is -2.27. The van der Waals surface area contributed by atoms with E-state index < -0.39 is 23.6 Å². The van der Waals surface area contributed by atoms with Gasteiger partial charge >= 0.3 is 0 Å². The van der Waals surface area contributed by atoms with Gasteiger partial charge in [-0.3, -0.25) is 28.9 Å². The number of carbonyl (C=O) groups excluding carboxylic acids is 5. The molecule has 2 amide bonds. The SMILES string of the molecule is O=C1CCC(N2C(=O)c3ccc(CCC(=O)Cc4ccc5c(c4)OCO5)cc3C2=O)C(=O)C1. The first-order chi connectivity index (χ1) is 15.9. The molecule has 168 valence electrons. The van der Waals surface area contributed by atoms with Gasteiger partial charge < -0.3 is 9.47 Å². The van der Waals surface area contributed by atoms with Crippen LogP contribution in [-0.2, 0) is 27.2 Å². The van der Waals surface area contributed by atoms with E-state index in [2.05, 4.69) is 0 Å². The Bertz CT molecular complexity index is 1220.